The maximum atomic E-state index is 10.3. The number of aliphatic hydroxyl groups excluding tert-OH is 4. The van der Waals surface area contributed by atoms with Crippen LogP contribution in [0.15, 0.2) is 36.7 Å². The fraction of sp³-hybridized carbons (Fsp3) is 0.350. The highest BCUT2D eigenvalue weighted by Crippen LogP contribution is 2.32. The number of anilines is 1. The zero-order valence-corrected chi connectivity index (χ0v) is 16.0. The lowest BCUT2D eigenvalue weighted by atomic mass is 10.1. The van der Waals surface area contributed by atoms with E-state index in [0.717, 1.165) is 0 Å². The summed E-state index contributed by atoms with van der Waals surface area (Å²) in [5.74, 6) is 6.02. The second-order valence-corrected chi connectivity index (χ2v) is 6.78. The molecule has 1 unspecified atom stereocenters. The van der Waals surface area contributed by atoms with Crippen molar-refractivity contribution in [2.45, 2.75) is 30.6 Å². The number of ether oxygens (including phenoxy) is 1. The molecule has 0 spiro atoms. The molecule has 1 saturated heterocycles. The molecule has 5 atom stereocenters. The molecule has 1 fully saturated rings. The minimum absolute atomic E-state index is 0.135. The van der Waals surface area contributed by atoms with Gasteiger partial charge in [0.25, 0.3) is 0 Å². The van der Waals surface area contributed by atoms with E-state index in [2.05, 4.69) is 32.1 Å². The van der Waals surface area contributed by atoms with Crippen LogP contribution in [-0.2, 0) is 4.74 Å². The van der Waals surface area contributed by atoms with Crippen LogP contribution in [0.3, 0.4) is 0 Å². The highest BCUT2D eigenvalue weighted by Gasteiger charge is 2.44. The standard InChI is InChI=1S/C20H21N5O5/c1-21-18-15-19(25(10-22-15)20-17(29)16(28)13(9-26)30-20)24-14(23-18)8-7-12(27)11-5-3-2-4-6-11/h2-6,10,12-13,16-17,20,26-29H,9H2,1H3,(H,21,23,24)/t12?,13-,16+,17-,20-/m1/s1. The fourth-order valence-electron chi connectivity index (χ4n) is 3.29. The highest BCUT2D eigenvalue weighted by atomic mass is 16.6. The van der Waals surface area contributed by atoms with Crippen LogP contribution in [-0.4, -0.2) is 71.9 Å². The Kier molecular flexibility index (Phi) is 5.63. The second-order valence-electron chi connectivity index (χ2n) is 6.78. The largest absolute Gasteiger partial charge is 0.394 e. The van der Waals surface area contributed by atoms with E-state index in [1.807, 2.05) is 6.07 Å². The summed E-state index contributed by atoms with van der Waals surface area (Å²) in [5.41, 5.74) is 1.39. The van der Waals surface area contributed by atoms with Crippen LogP contribution >= 0.6 is 0 Å². The molecule has 1 aliphatic heterocycles. The summed E-state index contributed by atoms with van der Waals surface area (Å²) in [6.07, 6.45) is -4.03. The predicted octanol–water partition coefficient (Wildman–Crippen LogP) is -0.435. The summed E-state index contributed by atoms with van der Waals surface area (Å²) < 4.78 is 7.03. The van der Waals surface area contributed by atoms with Crippen LogP contribution in [0.2, 0.25) is 0 Å². The number of benzene rings is 1. The Balaban J connectivity index is 1.72. The fourth-order valence-corrected chi connectivity index (χ4v) is 3.29. The van der Waals surface area contributed by atoms with Gasteiger partial charge in [0.2, 0.25) is 5.82 Å². The van der Waals surface area contributed by atoms with E-state index < -0.39 is 37.3 Å². The molecule has 1 aliphatic rings. The first kappa shape index (κ1) is 20.2. The van der Waals surface area contributed by atoms with Crippen molar-refractivity contribution in [3.05, 3.63) is 48.0 Å². The van der Waals surface area contributed by atoms with Crippen molar-refractivity contribution in [1.82, 2.24) is 19.5 Å². The van der Waals surface area contributed by atoms with Crippen LogP contribution in [0.25, 0.3) is 11.2 Å². The van der Waals surface area contributed by atoms with Gasteiger partial charge in [-0.2, -0.15) is 0 Å². The number of imidazole rings is 1. The number of hydrogen-bond acceptors (Lipinski definition) is 9. The summed E-state index contributed by atoms with van der Waals surface area (Å²) in [7, 11) is 1.67. The number of aliphatic hydroxyl groups is 4. The van der Waals surface area contributed by atoms with E-state index >= 15 is 0 Å². The Morgan fingerprint density at radius 2 is 1.97 bits per heavy atom. The third kappa shape index (κ3) is 3.60. The van der Waals surface area contributed by atoms with Crippen LogP contribution in [0.5, 0.6) is 0 Å². The van der Waals surface area contributed by atoms with E-state index in [0.29, 0.717) is 22.5 Å². The summed E-state index contributed by atoms with van der Waals surface area (Å²) in [6.45, 7) is -0.438. The molecule has 0 amide bonds. The van der Waals surface area contributed by atoms with Crippen molar-refractivity contribution in [2.75, 3.05) is 19.0 Å². The molecular formula is C20H21N5O5. The molecule has 3 heterocycles. The second kappa shape index (κ2) is 8.35. The summed E-state index contributed by atoms with van der Waals surface area (Å²) in [5, 5.41) is 42.9. The third-order valence-electron chi connectivity index (χ3n) is 4.89. The molecule has 0 radical (unpaired) electrons. The molecule has 10 nitrogen and oxygen atoms in total. The Morgan fingerprint density at radius 3 is 2.63 bits per heavy atom. The monoisotopic (exact) mass is 411 g/mol. The number of hydrogen-bond donors (Lipinski definition) is 5. The van der Waals surface area contributed by atoms with Crippen LogP contribution < -0.4 is 5.32 Å². The van der Waals surface area contributed by atoms with Gasteiger partial charge in [-0.1, -0.05) is 36.3 Å². The molecule has 2 aromatic heterocycles. The lowest BCUT2D eigenvalue weighted by molar-refractivity contribution is -0.0511. The molecule has 10 heteroatoms. The lowest BCUT2D eigenvalue weighted by Gasteiger charge is -2.16. The van der Waals surface area contributed by atoms with Gasteiger partial charge < -0.3 is 30.5 Å². The summed E-state index contributed by atoms with van der Waals surface area (Å²) >= 11 is 0. The maximum absolute atomic E-state index is 10.3. The average Bonchev–Trinajstić information content (AvgIpc) is 3.32. The van der Waals surface area contributed by atoms with Gasteiger partial charge in [0, 0.05) is 7.05 Å². The molecule has 30 heavy (non-hydrogen) atoms. The Bertz CT molecular complexity index is 1090. The van der Waals surface area contributed by atoms with Crippen molar-refractivity contribution < 1.29 is 25.2 Å². The topological polar surface area (TPSA) is 146 Å². The van der Waals surface area contributed by atoms with Gasteiger partial charge in [-0.3, -0.25) is 4.57 Å². The van der Waals surface area contributed by atoms with Gasteiger partial charge in [-0.25, -0.2) is 15.0 Å². The number of fused-ring (bicyclic) bond motifs is 1. The Hall–Kier alpha value is -3.07. The van der Waals surface area contributed by atoms with E-state index in [1.54, 1.807) is 31.3 Å². The van der Waals surface area contributed by atoms with Gasteiger partial charge >= 0.3 is 0 Å². The third-order valence-corrected chi connectivity index (χ3v) is 4.89. The normalized spacial score (nSPS) is 24.4. The van der Waals surface area contributed by atoms with Gasteiger partial charge in [0.15, 0.2) is 23.2 Å². The van der Waals surface area contributed by atoms with Gasteiger partial charge in [-0.15, -0.1) is 0 Å². The number of nitrogens with one attached hydrogen (secondary N) is 1. The summed E-state index contributed by atoms with van der Waals surface area (Å²) in [6, 6.07) is 8.99. The summed E-state index contributed by atoms with van der Waals surface area (Å²) in [4.78, 5) is 13.0. The zero-order valence-electron chi connectivity index (χ0n) is 16.0. The molecule has 156 valence electrons. The minimum atomic E-state index is -1.28. The first-order chi connectivity index (χ1) is 14.5. The van der Waals surface area contributed by atoms with Crippen molar-refractivity contribution >= 4 is 17.0 Å². The van der Waals surface area contributed by atoms with Gasteiger partial charge in [0.05, 0.1) is 12.9 Å². The molecule has 0 aliphatic carbocycles. The smallest absolute Gasteiger partial charge is 0.209 e. The van der Waals surface area contributed by atoms with Gasteiger partial charge in [0.1, 0.15) is 24.4 Å². The van der Waals surface area contributed by atoms with Crippen molar-refractivity contribution in [3.8, 4) is 11.8 Å². The van der Waals surface area contributed by atoms with E-state index in [4.69, 9.17) is 4.74 Å². The number of rotatable bonds is 4. The van der Waals surface area contributed by atoms with Gasteiger partial charge in [-0.05, 0) is 11.5 Å². The first-order valence-electron chi connectivity index (χ1n) is 9.32. The van der Waals surface area contributed by atoms with E-state index in [1.165, 1.54) is 10.9 Å². The zero-order chi connectivity index (χ0) is 21.3. The number of nitrogens with zero attached hydrogens (tertiary/aromatic N) is 4. The van der Waals surface area contributed by atoms with Crippen LogP contribution in [0, 0.1) is 11.8 Å². The Labute approximate surface area is 171 Å². The highest BCUT2D eigenvalue weighted by molar-refractivity contribution is 5.83. The maximum Gasteiger partial charge on any atom is 0.209 e. The molecule has 1 aromatic carbocycles. The van der Waals surface area contributed by atoms with Crippen LogP contribution in [0.1, 0.15) is 23.7 Å². The van der Waals surface area contributed by atoms with Crippen molar-refractivity contribution in [3.63, 3.8) is 0 Å². The molecular weight excluding hydrogens is 390 g/mol. The van der Waals surface area contributed by atoms with E-state index in [9.17, 15) is 20.4 Å². The molecule has 0 saturated carbocycles. The SMILES string of the molecule is CNc1nc(C#CC(O)c2ccccc2)nc2c1ncn2[C@@H]1O[C@H](CO)[C@H](O)[C@H]1O. The molecule has 0 bridgehead atoms. The lowest BCUT2D eigenvalue weighted by Crippen LogP contribution is -2.33. The molecule has 5 N–H and O–H groups in total. The predicted molar refractivity (Wildman–Crippen MR) is 106 cm³/mol. The molecule has 3 aromatic rings. The van der Waals surface area contributed by atoms with Crippen molar-refractivity contribution in [1.29, 1.82) is 0 Å². The van der Waals surface area contributed by atoms with Crippen molar-refractivity contribution in [2.24, 2.45) is 0 Å². The average molecular weight is 411 g/mol. The molecule has 4 rings (SSSR count). The van der Waals surface area contributed by atoms with Crippen LogP contribution in [0.4, 0.5) is 5.82 Å². The minimum Gasteiger partial charge on any atom is -0.394 e. The quantitative estimate of drug-likeness (QED) is 0.361. The Morgan fingerprint density at radius 1 is 1.20 bits per heavy atom. The van der Waals surface area contributed by atoms with E-state index in [-0.39, 0.29) is 5.82 Å². The first-order valence-corrected chi connectivity index (χ1v) is 9.32. The number of aromatic nitrogens is 4.